The van der Waals surface area contributed by atoms with Gasteiger partial charge in [0.2, 0.25) is 5.91 Å². The van der Waals surface area contributed by atoms with Crippen LogP contribution in [0.15, 0.2) is 17.7 Å². The lowest BCUT2D eigenvalue weighted by molar-refractivity contribution is -0.122. The molecule has 1 saturated carbocycles. The first-order valence-electron chi connectivity index (χ1n) is 11.4. The molecule has 3 aliphatic rings. The molecule has 2 nitrogen and oxygen atoms in total. The number of hydrogen-bond donors (Lipinski definition) is 1. The molecular formula is C25H39NOSi2. The number of amides is 1. The van der Waals surface area contributed by atoms with Gasteiger partial charge in [0.05, 0.1) is 15.2 Å². The van der Waals surface area contributed by atoms with E-state index in [1.807, 2.05) is 0 Å². The molecule has 1 aromatic carbocycles. The van der Waals surface area contributed by atoms with Crippen molar-refractivity contribution in [3.8, 4) is 0 Å². The Hall–Kier alpha value is -1.14. The van der Waals surface area contributed by atoms with Crippen molar-refractivity contribution in [2.75, 3.05) is 0 Å². The van der Waals surface area contributed by atoms with Gasteiger partial charge in [-0.2, -0.15) is 0 Å². The second-order valence-electron chi connectivity index (χ2n) is 12.0. The van der Waals surface area contributed by atoms with E-state index in [-0.39, 0.29) is 21.4 Å². The van der Waals surface area contributed by atoms with Crippen molar-refractivity contribution in [3.05, 3.63) is 40.0 Å². The zero-order valence-electron chi connectivity index (χ0n) is 19.8. The largest absolute Gasteiger partial charge is 0.369 e. The van der Waals surface area contributed by atoms with Crippen LogP contribution >= 0.6 is 0 Å². The zero-order chi connectivity index (χ0) is 21.6. The first-order chi connectivity index (χ1) is 13.3. The highest BCUT2D eigenvalue weighted by Gasteiger charge is 2.85. The minimum atomic E-state index is -1.75. The Morgan fingerprint density at radius 2 is 1.76 bits per heavy atom. The second kappa shape index (κ2) is 5.97. The third kappa shape index (κ3) is 2.20. The Morgan fingerprint density at radius 3 is 2.31 bits per heavy atom. The monoisotopic (exact) mass is 425 g/mol. The minimum Gasteiger partial charge on any atom is -0.369 e. The maximum Gasteiger partial charge on any atom is 0.221 e. The molecule has 4 rings (SSSR count). The summed E-state index contributed by atoms with van der Waals surface area (Å²) in [7, 11) is -3.43. The molecule has 1 amide bonds. The standard InChI is InChI=1S/C25H39NOSi2/c1-9-17-13-18-15-19(23(2,3)4)16-21(20(18)14-17)24-11-10-12-25(24,22(26)27)29(7,8)28(24,5)6/h13,15-16H,9-12,14H2,1-8H3,(H2,26,27). The molecule has 4 heteroatoms. The summed E-state index contributed by atoms with van der Waals surface area (Å²) in [5.41, 5.74) is 13.8. The van der Waals surface area contributed by atoms with Crippen molar-refractivity contribution in [1.29, 1.82) is 0 Å². The molecule has 2 atom stereocenters. The molecule has 2 fully saturated rings. The van der Waals surface area contributed by atoms with Crippen LogP contribution in [0.25, 0.3) is 6.08 Å². The molecule has 158 valence electrons. The van der Waals surface area contributed by atoms with Gasteiger partial charge in [0, 0.05) is 5.04 Å². The van der Waals surface area contributed by atoms with Crippen LogP contribution in [0.4, 0.5) is 0 Å². The number of nitrogens with two attached hydrogens (primary N) is 1. The molecule has 0 radical (unpaired) electrons. The van der Waals surface area contributed by atoms with Crippen LogP contribution in [0, 0.1) is 0 Å². The molecule has 0 spiro atoms. The van der Waals surface area contributed by atoms with E-state index in [0.717, 1.165) is 32.1 Å². The van der Waals surface area contributed by atoms with Crippen LogP contribution in [0.1, 0.15) is 75.6 Å². The molecule has 2 unspecified atom stereocenters. The molecular weight excluding hydrogens is 386 g/mol. The Balaban J connectivity index is 2.05. The number of benzene rings is 1. The van der Waals surface area contributed by atoms with Gasteiger partial charge in [0.25, 0.3) is 0 Å². The summed E-state index contributed by atoms with van der Waals surface area (Å²) < 4.78 is 0. The Labute approximate surface area is 179 Å². The zero-order valence-corrected chi connectivity index (χ0v) is 21.8. The van der Waals surface area contributed by atoms with Crippen LogP contribution in [0.2, 0.25) is 31.2 Å². The molecule has 1 aliphatic heterocycles. The average molecular weight is 426 g/mol. The van der Waals surface area contributed by atoms with E-state index < -0.39 is 15.2 Å². The van der Waals surface area contributed by atoms with Crippen molar-refractivity contribution in [1.82, 2.24) is 0 Å². The van der Waals surface area contributed by atoms with Crippen LogP contribution in [-0.4, -0.2) is 21.1 Å². The maximum absolute atomic E-state index is 13.2. The quantitative estimate of drug-likeness (QED) is 0.590. The number of hydrogen-bond acceptors (Lipinski definition) is 1. The topological polar surface area (TPSA) is 43.1 Å². The number of primary amides is 1. The predicted molar refractivity (Wildman–Crippen MR) is 129 cm³/mol. The van der Waals surface area contributed by atoms with E-state index in [9.17, 15) is 4.79 Å². The van der Waals surface area contributed by atoms with Crippen molar-refractivity contribution in [3.63, 3.8) is 0 Å². The van der Waals surface area contributed by atoms with Gasteiger partial charge >= 0.3 is 0 Å². The molecule has 2 N–H and O–H groups in total. The highest BCUT2D eigenvalue weighted by Crippen LogP contribution is 2.78. The molecule has 0 bridgehead atoms. The number of carbonyl (C=O) groups is 1. The van der Waals surface area contributed by atoms with E-state index in [1.54, 1.807) is 0 Å². The van der Waals surface area contributed by atoms with E-state index >= 15 is 0 Å². The van der Waals surface area contributed by atoms with E-state index in [1.165, 1.54) is 27.8 Å². The number of allylic oxidation sites excluding steroid dienone is 1. The van der Waals surface area contributed by atoms with Gasteiger partial charge in [-0.3, -0.25) is 4.79 Å². The van der Waals surface area contributed by atoms with E-state index in [4.69, 9.17) is 5.73 Å². The van der Waals surface area contributed by atoms with E-state index in [0.29, 0.717) is 0 Å². The van der Waals surface area contributed by atoms with Gasteiger partial charge in [0.15, 0.2) is 0 Å². The molecule has 1 aromatic rings. The van der Waals surface area contributed by atoms with Crippen molar-refractivity contribution >= 4 is 27.2 Å². The van der Waals surface area contributed by atoms with Gasteiger partial charge in [-0.15, -0.1) is 0 Å². The fourth-order valence-corrected chi connectivity index (χ4v) is 25.7. The number of rotatable bonds is 3. The van der Waals surface area contributed by atoms with Gasteiger partial charge in [-0.1, -0.05) is 84.1 Å². The SMILES string of the molecule is CCC1=Cc2cc(C(C)(C)C)cc(C34CCCC3(C(N)=O)[Si](C)(C)[Si]4(C)C)c2C1. The molecule has 0 aromatic heterocycles. The summed E-state index contributed by atoms with van der Waals surface area (Å²) in [5.74, 6) is 0.00933. The summed E-state index contributed by atoms with van der Waals surface area (Å²) in [6.45, 7) is 19.3. The van der Waals surface area contributed by atoms with Gasteiger partial charge in [-0.05, 0) is 58.4 Å². The third-order valence-electron chi connectivity index (χ3n) is 9.78. The predicted octanol–water partition coefficient (Wildman–Crippen LogP) is 6.03. The summed E-state index contributed by atoms with van der Waals surface area (Å²) in [5, 5.41) is -0.223. The summed E-state index contributed by atoms with van der Waals surface area (Å²) in [4.78, 5) is 13.2. The van der Waals surface area contributed by atoms with Gasteiger partial charge in [-0.25, -0.2) is 0 Å². The van der Waals surface area contributed by atoms with Crippen LogP contribution in [0.3, 0.4) is 0 Å². The number of carbonyl (C=O) groups excluding carboxylic acids is 1. The fourth-order valence-electron chi connectivity index (χ4n) is 7.64. The first-order valence-corrected chi connectivity index (χ1v) is 18.4. The summed E-state index contributed by atoms with van der Waals surface area (Å²) in [6, 6.07) is 4.95. The van der Waals surface area contributed by atoms with Crippen molar-refractivity contribution < 1.29 is 4.79 Å². The van der Waals surface area contributed by atoms with Crippen LogP contribution in [0.5, 0.6) is 0 Å². The number of fused-ring (bicyclic) bond motifs is 2. The molecule has 1 saturated heterocycles. The summed E-state index contributed by atoms with van der Waals surface area (Å²) >= 11 is 0. The van der Waals surface area contributed by atoms with Crippen LogP contribution in [-0.2, 0) is 21.7 Å². The van der Waals surface area contributed by atoms with Crippen molar-refractivity contribution in [2.24, 2.45) is 5.73 Å². The third-order valence-corrected chi connectivity index (χ3v) is 31.2. The maximum atomic E-state index is 13.2. The van der Waals surface area contributed by atoms with Gasteiger partial charge in [0.1, 0.15) is 0 Å². The van der Waals surface area contributed by atoms with Crippen LogP contribution < -0.4 is 5.73 Å². The smallest absolute Gasteiger partial charge is 0.221 e. The lowest BCUT2D eigenvalue weighted by Crippen LogP contribution is -2.89. The molecule has 29 heavy (non-hydrogen) atoms. The Bertz CT molecular complexity index is 937. The Kier molecular flexibility index (Phi) is 4.35. The highest BCUT2D eigenvalue weighted by atomic mass is 29.3. The summed E-state index contributed by atoms with van der Waals surface area (Å²) in [6.07, 6.45) is 7.93. The van der Waals surface area contributed by atoms with Crippen molar-refractivity contribution in [2.45, 2.75) is 101 Å². The molecule has 1 heterocycles. The highest BCUT2D eigenvalue weighted by molar-refractivity contribution is 7.48. The lowest BCUT2D eigenvalue weighted by atomic mass is 9.77. The van der Waals surface area contributed by atoms with E-state index in [2.05, 4.69) is 72.1 Å². The Morgan fingerprint density at radius 1 is 1.10 bits per heavy atom. The minimum absolute atomic E-state index is 0.00933. The molecule has 2 aliphatic carbocycles. The first kappa shape index (κ1) is 21.1. The average Bonchev–Trinajstić information content (AvgIpc) is 3.21. The van der Waals surface area contributed by atoms with Gasteiger partial charge < -0.3 is 5.73 Å². The fraction of sp³-hybridized carbons (Fsp3) is 0.640. The normalized spacial score (nSPS) is 31.7. The second-order valence-corrected chi connectivity index (χ2v) is 27.7. The lowest BCUT2D eigenvalue weighted by Gasteiger charge is -2.75.